The van der Waals surface area contributed by atoms with Gasteiger partial charge < -0.3 is 4.90 Å². The number of nitrogens with zero attached hydrogens (tertiary/aromatic N) is 3. The van der Waals surface area contributed by atoms with Gasteiger partial charge in [-0.3, -0.25) is 0 Å². The van der Waals surface area contributed by atoms with E-state index in [-0.39, 0.29) is 0 Å². The molecule has 2 heterocycles. The Bertz CT molecular complexity index is 715. The smallest absolute Gasteiger partial charge is 0.115 e. The predicted octanol–water partition coefficient (Wildman–Crippen LogP) is 3.76. The summed E-state index contributed by atoms with van der Waals surface area (Å²) in [4.78, 5) is 11.2. The second-order valence-electron chi connectivity index (χ2n) is 8.04. The SMILES string of the molecule is c1ccc2c(c1)[C@H](c1cncnc1)CC21CCN(CC2CC2)CC1. The maximum Gasteiger partial charge on any atom is 0.115 e. The van der Waals surface area contributed by atoms with Crippen molar-refractivity contribution in [1.29, 1.82) is 0 Å². The lowest BCUT2D eigenvalue weighted by Crippen LogP contribution is -2.42. The van der Waals surface area contributed by atoms with Crippen molar-refractivity contribution in [3.63, 3.8) is 0 Å². The third-order valence-electron chi connectivity index (χ3n) is 6.51. The van der Waals surface area contributed by atoms with Crippen LogP contribution in [0, 0.1) is 5.92 Å². The summed E-state index contributed by atoms with van der Waals surface area (Å²) in [5.41, 5.74) is 4.77. The number of hydrogen-bond acceptors (Lipinski definition) is 3. The van der Waals surface area contributed by atoms with Crippen LogP contribution in [0.3, 0.4) is 0 Å². The zero-order valence-electron chi connectivity index (χ0n) is 14.2. The van der Waals surface area contributed by atoms with Crippen LogP contribution in [0.2, 0.25) is 0 Å². The molecule has 124 valence electrons. The minimum Gasteiger partial charge on any atom is -0.303 e. The lowest BCUT2D eigenvalue weighted by molar-refractivity contribution is 0.151. The first-order valence-electron chi connectivity index (χ1n) is 9.41. The van der Waals surface area contributed by atoms with Crippen molar-refractivity contribution in [2.24, 2.45) is 5.92 Å². The predicted molar refractivity (Wildman–Crippen MR) is 95.0 cm³/mol. The van der Waals surface area contributed by atoms with Crippen LogP contribution in [0.5, 0.6) is 0 Å². The molecule has 2 aliphatic carbocycles. The largest absolute Gasteiger partial charge is 0.303 e. The number of fused-ring (bicyclic) bond motifs is 2. The number of rotatable bonds is 3. The number of aromatic nitrogens is 2. The van der Waals surface area contributed by atoms with E-state index >= 15 is 0 Å². The standard InChI is InChI=1S/C21H25N3/c1-2-4-20-18(3-1)19(17-12-22-15-23-13-17)11-21(20)7-9-24(10-8-21)14-16-5-6-16/h1-4,12-13,15-16,19H,5-11,14H2/t19-/m0/s1. The van der Waals surface area contributed by atoms with Crippen LogP contribution in [0.15, 0.2) is 43.0 Å². The van der Waals surface area contributed by atoms with Gasteiger partial charge in [-0.05, 0) is 73.2 Å². The number of likely N-dealkylation sites (tertiary alicyclic amines) is 1. The van der Waals surface area contributed by atoms with E-state index in [0.29, 0.717) is 11.3 Å². The Morgan fingerprint density at radius 2 is 1.79 bits per heavy atom. The maximum absolute atomic E-state index is 4.27. The summed E-state index contributed by atoms with van der Waals surface area (Å²) in [6, 6.07) is 9.13. The van der Waals surface area contributed by atoms with Gasteiger partial charge in [0.2, 0.25) is 0 Å². The monoisotopic (exact) mass is 319 g/mol. The fraction of sp³-hybridized carbons (Fsp3) is 0.524. The second-order valence-corrected chi connectivity index (χ2v) is 8.04. The van der Waals surface area contributed by atoms with Gasteiger partial charge in [-0.1, -0.05) is 24.3 Å². The van der Waals surface area contributed by atoms with Gasteiger partial charge in [-0.25, -0.2) is 9.97 Å². The summed E-state index contributed by atoms with van der Waals surface area (Å²) >= 11 is 0. The fourth-order valence-corrected chi connectivity index (χ4v) is 4.99. The summed E-state index contributed by atoms with van der Waals surface area (Å²) in [6.07, 6.45) is 12.4. The highest BCUT2D eigenvalue weighted by Crippen LogP contribution is 2.53. The van der Waals surface area contributed by atoms with E-state index < -0.39 is 0 Å². The van der Waals surface area contributed by atoms with Crippen LogP contribution in [0.25, 0.3) is 0 Å². The van der Waals surface area contributed by atoms with Gasteiger partial charge in [0.05, 0.1) is 0 Å². The molecule has 1 aromatic heterocycles. The molecule has 0 unspecified atom stereocenters. The molecule has 1 spiro atoms. The van der Waals surface area contributed by atoms with Crippen molar-refractivity contribution in [1.82, 2.24) is 14.9 Å². The first-order valence-corrected chi connectivity index (χ1v) is 9.41. The Labute approximate surface area is 144 Å². The van der Waals surface area contributed by atoms with Gasteiger partial charge in [-0.2, -0.15) is 0 Å². The number of piperidine rings is 1. The van der Waals surface area contributed by atoms with Gasteiger partial charge in [0.15, 0.2) is 0 Å². The van der Waals surface area contributed by atoms with Crippen LogP contribution in [-0.2, 0) is 5.41 Å². The molecule has 3 heteroatoms. The van der Waals surface area contributed by atoms with E-state index in [1.807, 2.05) is 12.4 Å². The van der Waals surface area contributed by atoms with E-state index in [2.05, 4.69) is 39.1 Å². The van der Waals surface area contributed by atoms with Gasteiger partial charge in [-0.15, -0.1) is 0 Å². The van der Waals surface area contributed by atoms with E-state index in [1.165, 1.54) is 62.9 Å². The van der Waals surface area contributed by atoms with Crippen LogP contribution in [0.1, 0.15) is 54.7 Å². The van der Waals surface area contributed by atoms with Crippen molar-refractivity contribution in [2.45, 2.75) is 43.4 Å². The Kier molecular flexibility index (Phi) is 3.44. The van der Waals surface area contributed by atoms with E-state index in [1.54, 1.807) is 11.9 Å². The van der Waals surface area contributed by atoms with Crippen LogP contribution >= 0.6 is 0 Å². The summed E-state index contributed by atoms with van der Waals surface area (Å²) in [7, 11) is 0. The highest BCUT2D eigenvalue weighted by atomic mass is 15.1. The highest BCUT2D eigenvalue weighted by molar-refractivity contribution is 5.47. The average molecular weight is 319 g/mol. The molecule has 1 saturated heterocycles. The van der Waals surface area contributed by atoms with Gasteiger partial charge >= 0.3 is 0 Å². The number of hydrogen-bond donors (Lipinski definition) is 0. The Balaban J connectivity index is 1.43. The van der Waals surface area contributed by atoms with Gasteiger partial charge in [0.1, 0.15) is 6.33 Å². The molecule has 0 radical (unpaired) electrons. The summed E-state index contributed by atoms with van der Waals surface area (Å²) in [5, 5.41) is 0. The minimum absolute atomic E-state index is 0.372. The molecule has 2 aromatic rings. The minimum atomic E-state index is 0.372. The van der Waals surface area contributed by atoms with E-state index in [4.69, 9.17) is 0 Å². The molecular formula is C21H25N3. The molecule has 24 heavy (non-hydrogen) atoms. The Morgan fingerprint density at radius 3 is 2.54 bits per heavy atom. The Morgan fingerprint density at radius 1 is 1.04 bits per heavy atom. The third-order valence-corrected chi connectivity index (χ3v) is 6.51. The quantitative estimate of drug-likeness (QED) is 0.862. The first-order chi connectivity index (χ1) is 11.8. The van der Waals surface area contributed by atoms with Crippen molar-refractivity contribution in [2.75, 3.05) is 19.6 Å². The third kappa shape index (κ3) is 2.46. The molecule has 1 aromatic carbocycles. The van der Waals surface area contributed by atoms with Gasteiger partial charge in [0, 0.05) is 24.9 Å². The lowest BCUT2D eigenvalue weighted by atomic mass is 9.73. The van der Waals surface area contributed by atoms with Crippen molar-refractivity contribution in [3.05, 3.63) is 59.7 Å². The van der Waals surface area contributed by atoms with E-state index in [0.717, 1.165) is 5.92 Å². The number of benzene rings is 1. The molecule has 0 N–H and O–H groups in total. The zero-order valence-corrected chi connectivity index (χ0v) is 14.2. The van der Waals surface area contributed by atoms with Crippen molar-refractivity contribution < 1.29 is 0 Å². The summed E-state index contributed by atoms with van der Waals surface area (Å²) in [5.74, 6) is 1.47. The average Bonchev–Trinajstić information content (AvgIpc) is 3.41. The van der Waals surface area contributed by atoms with Crippen molar-refractivity contribution in [3.8, 4) is 0 Å². The topological polar surface area (TPSA) is 29.0 Å². The molecular weight excluding hydrogens is 294 g/mol. The first kappa shape index (κ1) is 14.6. The molecule has 2 fully saturated rings. The molecule has 1 saturated carbocycles. The summed E-state index contributed by atoms with van der Waals surface area (Å²) < 4.78 is 0. The molecule has 0 amide bonds. The molecule has 1 aliphatic heterocycles. The maximum atomic E-state index is 4.27. The van der Waals surface area contributed by atoms with Crippen LogP contribution < -0.4 is 0 Å². The highest BCUT2D eigenvalue weighted by Gasteiger charge is 2.46. The second kappa shape index (κ2) is 5.66. The van der Waals surface area contributed by atoms with Crippen LogP contribution in [0.4, 0.5) is 0 Å². The molecule has 1 atom stereocenters. The lowest BCUT2D eigenvalue weighted by Gasteiger charge is -2.40. The molecule has 0 bridgehead atoms. The fourth-order valence-electron chi connectivity index (χ4n) is 4.99. The van der Waals surface area contributed by atoms with E-state index in [9.17, 15) is 0 Å². The summed E-state index contributed by atoms with van der Waals surface area (Å²) in [6.45, 7) is 3.87. The molecule has 3 aliphatic rings. The van der Waals surface area contributed by atoms with Gasteiger partial charge in [0.25, 0.3) is 0 Å². The van der Waals surface area contributed by atoms with Crippen molar-refractivity contribution >= 4 is 0 Å². The van der Waals surface area contributed by atoms with Crippen LogP contribution in [-0.4, -0.2) is 34.5 Å². The zero-order chi connectivity index (χ0) is 16.0. The molecule has 5 rings (SSSR count). The normalized spacial score (nSPS) is 25.8. The Hall–Kier alpha value is -1.74. The molecule has 3 nitrogen and oxygen atoms in total.